The van der Waals surface area contributed by atoms with Gasteiger partial charge in [0.25, 0.3) is 5.91 Å². The third kappa shape index (κ3) is 3.09. The molecule has 1 aromatic rings. The van der Waals surface area contributed by atoms with Crippen molar-refractivity contribution in [3.05, 3.63) is 17.3 Å². The van der Waals surface area contributed by atoms with E-state index in [1.165, 1.54) is 0 Å². The second-order valence-electron chi connectivity index (χ2n) is 4.32. The molecule has 0 aliphatic heterocycles. The minimum absolute atomic E-state index is 0.0713. The van der Waals surface area contributed by atoms with Gasteiger partial charge in [-0.15, -0.1) is 0 Å². The van der Waals surface area contributed by atoms with E-state index in [1.807, 2.05) is 6.92 Å². The number of carboxylic acids is 1. The number of rotatable bonds is 5. The Balaban J connectivity index is 2.85. The van der Waals surface area contributed by atoms with Crippen LogP contribution in [0.4, 0.5) is 0 Å². The van der Waals surface area contributed by atoms with E-state index in [9.17, 15) is 9.59 Å². The maximum Gasteiger partial charge on any atom is 0.326 e. The van der Waals surface area contributed by atoms with Crippen molar-refractivity contribution in [1.29, 1.82) is 0 Å². The monoisotopic (exact) mass is 254 g/mol. The van der Waals surface area contributed by atoms with Crippen LogP contribution in [0, 0.1) is 19.8 Å². The summed E-state index contributed by atoms with van der Waals surface area (Å²) in [7, 11) is 0. The molecule has 2 atom stereocenters. The molecule has 18 heavy (non-hydrogen) atoms. The molecular formula is C12H18N2O4. The van der Waals surface area contributed by atoms with Crippen LogP contribution in [0.15, 0.2) is 4.42 Å². The summed E-state index contributed by atoms with van der Waals surface area (Å²) in [6.07, 6.45) is 0.658. The number of carbonyl (C=O) groups excluding carboxylic acids is 1. The second-order valence-corrected chi connectivity index (χ2v) is 4.32. The Morgan fingerprint density at radius 1 is 1.44 bits per heavy atom. The van der Waals surface area contributed by atoms with Gasteiger partial charge in [0.05, 0.1) is 5.69 Å². The van der Waals surface area contributed by atoms with Crippen LogP contribution >= 0.6 is 0 Å². The highest BCUT2D eigenvalue weighted by Gasteiger charge is 2.27. The highest BCUT2D eigenvalue weighted by Crippen LogP contribution is 2.12. The summed E-state index contributed by atoms with van der Waals surface area (Å²) < 4.78 is 5.15. The molecule has 2 N–H and O–H groups in total. The van der Waals surface area contributed by atoms with Crippen LogP contribution in [0.25, 0.3) is 0 Å². The van der Waals surface area contributed by atoms with E-state index in [-0.39, 0.29) is 11.7 Å². The number of oxazole rings is 1. The minimum Gasteiger partial charge on any atom is -0.480 e. The van der Waals surface area contributed by atoms with Crippen molar-refractivity contribution in [1.82, 2.24) is 10.3 Å². The summed E-state index contributed by atoms with van der Waals surface area (Å²) in [6.45, 7) is 6.92. The minimum atomic E-state index is -1.05. The summed E-state index contributed by atoms with van der Waals surface area (Å²) >= 11 is 0. The van der Waals surface area contributed by atoms with E-state index in [0.717, 1.165) is 0 Å². The zero-order chi connectivity index (χ0) is 13.9. The van der Waals surface area contributed by atoms with Crippen molar-refractivity contribution in [3.63, 3.8) is 0 Å². The van der Waals surface area contributed by atoms with Crippen molar-refractivity contribution in [2.45, 2.75) is 40.2 Å². The largest absolute Gasteiger partial charge is 0.480 e. The topological polar surface area (TPSA) is 92.4 Å². The van der Waals surface area contributed by atoms with Crippen molar-refractivity contribution in [2.75, 3.05) is 0 Å². The van der Waals surface area contributed by atoms with Crippen molar-refractivity contribution in [2.24, 2.45) is 5.92 Å². The van der Waals surface area contributed by atoms with Crippen LogP contribution in [0.2, 0.25) is 0 Å². The Hall–Kier alpha value is -1.85. The van der Waals surface area contributed by atoms with Crippen molar-refractivity contribution < 1.29 is 19.1 Å². The van der Waals surface area contributed by atoms with E-state index in [2.05, 4.69) is 10.3 Å². The Morgan fingerprint density at radius 2 is 2.06 bits per heavy atom. The van der Waals surface area contributed by atoms with E-state index >= 15 is 0 Å². The zero-order valence-electron chi connectivity index (χ0n) is 11.0. The van der Waals surface area contributed by atoms with Crippen LogP contribution in [0.5, 0.6) is 0 Å². The van der Waals surface area contributed by atoms with Crippen LogP contribution in [0.3, 0.4) is 0 Å². The highest BCUT2D eigenvalue weighted by molar-refractivity contribution is 5.95. The van der Waals surface area contributed by atoms with Gasteiger partial charge in [0, 0.05) is 6.92 Å². The predicted molar refractivity (Wildman–Crippen MR) is 64.3 cm³/mol. The first-order valence-electron chi connectivity index (χ1n) is 5.84. The first-order chi connectivity index (χ1) is 8.36. The molecule has 0 bridgehead atoms. The van der Waals surface area contributed by atoms with E-state index in [4.69, 9.17) is 9.52 Å². The number of aromatic nitrogens is 1. The Morgan fingerprint density at radius 3 is 2.44 bits per heavy atom. The van der Waals surface area contributed by atoms with Gasteiger partial charge in [-0.2, -0.15) is 0 Å². The zero-order valence-corrected chi connectivity index (χ0v) is 11.0. The number of hydrogen-bond donors (Lipinski definition) is 2. The number of aliphatic carboxylic acids is 1. The lowest BCUT2D eigenvalue weighted by molar-refractivity contribution is -0.140. The molecule has 0 saturated heterocycles. The standard InChI is InChI=1S/C12H18N2O4/c1-5-6(2)9(12(16)17)14-11(15)10-7(3)13-8(4)18-10/h6,9H,5H2,1-4H3,(H,14,15)(H,16,17). The molecule has 100 valence electrons. The number of amides is 1. The molecule has 6 heteroatoms. The summed E-state index contributed by atoms with van der Waals surface area (Å²) in [5.74, 6) is -1.29. The molecule has 1 rings (SSSR count). The van der Waals surface area contributed by atoms with Crippen molar-refractivity contribution >= 4 is 11.9 Å². The van der Waals surface area contributed by atoms with Gasteiger partial charge in [-0.1, -0.05) is 20.3 Å². The molecule has 1 heterocycles. The Bertz CT molecular complexity index is 453. The van der Waals surface area contributed by atoms with Gasteiger partial charge in [-0.05, 0) is 12.8 Å². The average Bonchev–Trinajstić information content (AvgIpc) is 2.63. The molecule has 0 fully saturated rings. The third-order valence-electron chi connectivity index (χ3n) is 2.88. The number of nitrogens with one attached hydrogen (secondary N) is 1. The number of carboxylic acid groups (broad SMARTS) is 1. The van der Waals surface area contributed by atoms with Crippen molar-refractivity contribution in [3.8, 4) is 0 Å². The SMILES string of the molecule is CCC(C)C(NC(=O)c1oc(C)nc1C)C(=O)O. The maximum absolute atomic E-state index is 11.9. The predicted octanol–water partition coefficient (Wildman–Crippen LogP) is 1.52. The lowest BCUT2D eigenvalue weighted by atomic mass is 9.99. The molecule has 0 aliphatic carbocycles. The highest BCUT2D eigenvalue weighted by atomic mass is 16.4. The fraction of sp³-hybridized carbons (Fsp3) is 0.583. The van der Waals surface area contributed by atoms with Crippen LogP contribution < -0.4 is 5.32 Å². The average molecular weight is 254 g/mol. The fourth-order valence-electron chi connectivity index (χ4n) is 1.63. The Labute approximate surface area is 105 Å². The third-order valence-corrected chi connectivity index (χ3v) is 2.88. The first-order valence-corrected chi connectivity index (χ1v) is 5.84. The molecule has 0 aliphatic rings. The van der Waals surface area contributed by atoms with Crippen LogP contribution in [-0.4, -0.2) is 28.0 Å². The van der Waals surface area contributed by atoms with E-state index in [1.54, 1.807) is 20.8 Å². The lowest BCUT2D eigenvalue weighted by Crippen LogP contribution is -2.45. The number of aryl methyl sites for hydroxylation is 2. The number of hydrogen-bond acceptors (Lipinski definition) is 4. The molecule has 1 amide bonds. The summed E-state index contributed by atoms with van der Waals surface area (Å²) in [5, 5.41) is 11.5. The molecule has 6 nitrogen and oxygen atoms in total. The second kappa shape index (κ2) is 5.66. The van der Waals surface area contributed by atoms with Gasteiger partial charge < -0.3 is 14.8 Å². The molecule has 0 saturated carbocycles. The quantitative estimate of drug-likeness (QED) is 0.831. The van der Waals surface area contributed by atoms with E-state index < -0.39 is 17.9 Å². The number of nitrogens with zero attached hydrogens (tertiary/aromatic N) is 1. The molecule has 0 spiro atoms. The molecular weight excluding hydrogens is 236 g/mol. The summed E-state index contributed by atoms with van der Waals surface area (Å²) in [4.78, 5) is 27.0. The molecule has 1 aromatic heterocycles. The molecule has 2 unspecified atom stereocenters. The van der Waals surface area contributed by atoms with Gasteiger partial charge in [0.1, 0.15) is 6.04 Å². The smallest absolute Gasteiger partial charge is 0.326 e. The summed E-state index contributed by atoms with van der Waals surface area (Å²) in [6, 6.07) is -0.924. The first kappa shape index (κ1) is 14.2. The van der Waals surface area contributed by atoms with Gasteiger partial charge in [0.15, 0.2) is 5.89 Å². The molecule has 0 aromatic carbocycles. The van der Waals surface area contributed by atoms with Gasteiger partial charge in [0.2, 0.25) is 5.76 Å². The maximum atomic E-state index is 11.9. The van der Waals surface area contributed by atoms with Gasteiger partial charge in [-0.25, -0.2) is 9.78 Å². The van der Waals surface area contributed by atoms with Crippen LogP contribution in [0.1, 0.15) is 42.4 Å². The fourth-order valence-corrected chi connectivity index (χ4v) is 1.63. The van der Waals surface area contributed by atoms with Crippen LogP contribution in [-0.2, 0) is 4.79 Å². The lowest BCUT2D eigenvalue weighted by Gasteiger charge is -2.19. The van der Waals surface area contributed by atoms with E-state index in [0.29, 0.717) is 18.0 Å². The molecule has 0 radical (unpaired) electrons. The normalized spacial score (nSPS) is 14.0. The van der Waals surface area contributed by atoms with Gasteiger partial charge in [-0.3, -0.25) is 4.79 Å². The van der Waals surface area contributed by atoms with Gasteiger partial charge >= 0.3 is 5.97 Å². The Kier molecular flexibility index (Phi) is 4.47. The number of carbonyl (C=O) groups is 2. The summed E-state index contributed by atoms with van der Waals surface area (Å²) in [5.41, 5.74) is 0.457.